The molecular formula is C11H22O. The molecule has 0 aromatic carbocycles. The molecule has 0 atom stereocenters. The van der Waals surface area contributed by atoms with Crippen LogP contribution < -0.4 is 0 Å². The van der Waals surface area contributed by atoms with E-state index in [4.69, 9.17) is 4.79 Å². The Morgan fingerprint density at radius 1 is 1.17 bits per heavy atom. The topological polar surface area (TPSA) is 17.1 Å². The van der Waals surface area contributed by atoms with E-state index >= 15 is 0 Å². The molecule has 72 valence electrons. The molecule has 1 rings (SSSR count). The van der Waals surface area contributed by atoms with Crippen LogP contribution in [0.3, 0.4) is 0 Å². The average Bonchev–Trinajstić information content (AvgIpc) is 2.40. The number of allylic oxidation sites excluding steroid dienone is 2. The summed E-state index contributed by atoms with van der Waals surface area (Å²) in [5.41, 5.74) is 0.583. The van der Waals surface area contributed by atoms with Crippen LogP contribution in [0.4, 0.5) is 0 Å². The first-order valence-electron chi connectivity index (χ1n) is 4.67. The van der Waals surface area contributed by atoms with Gasteiger partial charge in [0, 0.05) is 0 Å². The SMILES string of the molecule is CC.CC1(C)CC=CC1.CC=O. The zero-order chi connectivity index (χ0) is 10.0. The maximum atomic E-state index is 8.81. The molecule has 1 nitrogen and oxygen atoms in total. The van der Waals surface area contributed by atoms with E-state index in [9.17, 15) is 0 Å². The second-order valence-corrected chi connectivity index (χ2v) is 3.28. The number of carbonyl (C=O) groups is 1. The minimum atomic E-state index is 0.583. The van der Waals surface area contributed by atoms with Crippen molar-refractivity contribution in [2.75, 3.05) is 0 Å². The molecule has 0 amide bonds. The van der Waals surface area contributed by atoms with E-state index in [-0.39, 0.29) is 0 Å². The number of hydrogen-bond donors (Lipinski definition) is 0. The van der Waals surface area contributed by atoms with Gasteiger partial charge in [0.05, 0.1) is 0 Å². The summed E-state index contributed by atoms with van der Waals surface area (Å²) in [4.78, 5) is 8.81. The van der Waals surface area contributed by atoms with E-state index in [0.717, 1.165) is 6.29 Å². The summed E-state index contributed by atoms with van der Waals surface area (Å²) in [7, 11) is 0. The Balaban J connectivity index is 0. The Morgan fingerprint density at radius 2 is 1.42 bits per heavy atom. The molecule has 0 saturated heterocycles. The van der Waals surface area contributed by atoms with Gasteiger partial charge in [-0.3, -0.25) is 0 Å². The molecule has 0 N–H and O–H groups in total. The Bertz CT molecular complexity index is 113. The second kappa shape index (κ2) is 8.51. The van der Waals surface area contributed by atoms with Crippen molar-refractivity contribution in [2.24, 2.45) is 5.41 Å². The van der Waals surface area contributed by atoms with Gasteiger partial charge >= 0.3 is 0 Å². The van der Waals surface area contributed by atoms with Crippen molar-refractivity contribution in [3.8, 4) is 0 Å². The van der Waals surface area contributed by atoms with Crippen molar-refractivity contribution in [2.45, 2.75) is 47.5 Å². The van der Waals surface area contributed by atoms with Gasteiger partial charge in [-0.15, -0.1) is 0 Å². The summed E-state index contributed by atoms with van der Waals surface area (Å²) in [5.74, 6) is 0. The van der Waals surface area contributed by atoms with Crippen LogP contribution in [0.5, 0.6) is 0 Å². The predicted octanol–water partition coefficient (Wildman–Crippen LogP) is 3.59. The second-order valence-electron chi connectivity index (χ2n) is 3.28. The predicted molar refractivity (Wildman–Crippen MR) is 55.2 cm³/mol. The van der Waals surface area contributed by atoms with Crippen molar-refractivity contribution in [3.63, 3.8) is 0 Å². The van der Waals surface area contributed by atoms with Crippen molar-refractivity contribution < 1.29 is 4.79 Å². The quantitative estimate of drug-likeness (QED) is 0.401. The van der Waals surface area contributed by atoms with Gasteiger partial charge in [0.1, 0.15) is 6.29 Å². The van der Waals surface area contributed by atoms with Crippen LogP contribution >= 0.6 is 0 Å². The third-order valence-electron chi connectivity index (χ3n) is 1.51. The van der Waals surface area contributed by atoms with Crippen molar-refractivity contribution >= 4 is 6.29 Å². The van der Waals surface area contributed by atoms with Gasteiger partial charge < -0.3 is 4.79 Å². The Labute approximate surface area is 76.9 Å². The highest BCUT2D eigenvalue weighted by Crippen LogP contribution is 2.30. The van der Waals surface area contributed by atoms with Gasteiger partial charge in [-0.05, 0) is 25.2 Å². The minimum absolute atomic E-state index is 0.583. The smallest absolute Gasteiger partial charge is 0.116 e. The largest absolute Gasteiger partial charge is 0.304 e. The van der Waals surface area contributed by atoms with Crippen LogP contribution in [-0.4, -0.2) is 6.29 Å². The van der Waals surface area contributed by atoms with Crippen LogP contribution in [0.25, 0.3) is 0 Å². The lowest BCUT2D eigenvalue weighted by Crippen LogP contribution is -2.02. The average molecular weight is 170 g/mol. The van der Waals surface area contributed by atoms with E-state index in [1.165, 1.54) is 19.8 Å². The minimum Gasteiger partial charge on any atom is -0.304 e. The van der Waals surface area contributed by atoms with Gasteiger partial charge in [-0.1, -0.05) is 39.8 Å². The molecular weight excluding hydrogens is 148 g/mol. The Kier molecular flexibility index (Phi) is 9.90. The summed E-state index contributed by atoms with van der Waals surface area (Å²) in [5, 5.41) is 0. The molecule has 0 heterocycles. The van der Waals surface area contributed by atoms with Crippen LogP contribution in [0.2, 0.25) is 0 Å². The summed E-state index contributed by atoms with van der Waals surface area (Å²) in [6.07, 6.45) is 7.82. The maximum absolute atomic E-state index is 8.81. The normalized spacial score (nSPS) is 16.8. The lowest BCUT2D eigenvalue weighted by molar-refractivity contribution is -0.106. The molecule has 0 unspecified atom stereocenters. The number of rotatable bonds is 0. The summed E-state index contributed by atoms with van der Waals surface area (Å²) >= 11 is 0. The first kappa shape index (κ1) is 14.0. The zero-order valence-corrected chi connectivity index (χ0v) is 9.05. The summed E-state index contributed by atoms with van der Waals surface area (Å²) in [6, 6.07) is 0. The number of carbonyl (C=O) groups excluding carboxylic acids is 1. The molecule has 0 saturated carbocycles. The zero-order valence-electron chi connectivity index (χ0n) is 9.05. The highest BCUT2D eigenvalue weighted by Gasteiger charge is 2.17. The molecule has 1 aliphatic rings. The van der Waals surface area contributed by atoms with Crippen LogP contribution in [0, 0.1) is 5.41 Å². The summed E-state index contributed by atoms with van der Waals surface area (Å²) < 4.78 is 0. The van der Waals surface area contributed by atoms with Gasteiger partial charge in [0.2, 0.25) is 0 Å². The monoisotopic (exact) mass is 170 g/mol. The van der Waals surface area contributed by atoms with Crippen molar-refractivity contribution in [1.29, 1.82) is 0 Å². The third-order valence-corrected chi connectivity index (χ3v) is 1.51. The Hall–Kier alpha value is -0.590. The van der Waals surface area contributed by atoms with Gasteiger partial charge in [-0.25, -0.2) is 0 Å². The third kappa shape index (κ3) is 9.41. The molecule has 0 radical (unpaired) electrons. The molecule has 0 fully saturated rings. The van der Waals surface area contributed by atoms with E-state index in [1.807, 2.05) is 13.8 Å². The first-order valence-corrected chi connectivity index (χ1v) is 4.67. The standard InChI is InChI=1S/C7H12.C2H4O.C2H6/c1-7(2)5-3-4-6-7;1-2-3;1-2/h3-4H,5-6H2,1-2H3;2H,1H3;1-2H3. The fraction of sp³-hybridized carbons (Fsp3) is 0.727. The summed E-state index contributed by atoms with van der Waals surface area (Å²) in [6.45, 7) is 10.0. The highest BCUT2D eigenvalue weighted by atomic mass is 16.1. The molecule has 0 spiro atoms. The Morgan fingerprint density at radius 3 is 1.50 bits per heavy atom. The lowest BCUT2D eigenvalue weighted by atomic mass is 9.91. The van der Waals surface area contributed by atoms with Crippen molar-refractivity contribution in [3.05, 3.63) is 12.2 Å². The van der Waals surface area contributed by atoms with Gasteiger partial charge in [0.15, 0.2) is 0 Å². The molecule has 0 aliphatic heterocycles. The number of aldehydes is 1. The fourth-order valence-corrected chi connectivity index (χ4v) is 0.888. The van der Waals surface area contributed by atoms with Crippen LogP contribution in [0.15, 0.2) is 12.2 Å². The molecule has 1 heteroatoms. The molecule has 12 heavy (non-hydrogen) atoms. The van der Waals surface area contributed by atoms with Gasteiger partial charge in [0.25, 0.3) is 0 Å². The highest BCUT2D eigenvalue weighted by molar-refractivity contribution is 5.44. The molecule has 0 aromatic rings. The van der Waals surface area contributed by atoms with Crippen LogP contribution in [0.1, 0.15) is 47.5 Å². The molecule has 0 bridgehead atoms. The first-order chi connectivity index (χ1) is 5.62. The number of hydrogen-bond acceptors (Lipinski definition) is 1. The lowest BCUT2D eigenvalue weighted by Gasteiger charge is -2.14. The van der Waals surface area contributed by atoms with Crippen molar-refractivity contribution in [1.82, 2.24) is 0 Å². The molecule has 1 aliphatic carbocycles. The maximum Gasteiger partial charge on any atom is 0.116 e. The van der Waals surface area contributed by atoms with Gasteiger partial charge in [-0.2, -0.15) is 0 Å². The van der Waals surface area contributed by atoms with E-state index in [1.54, 1.807) is 0 Å². The van der Waals surface area contributed by atoms with E-state index in [2.05, 4.69) is 26.0 Å². The molecule has 0 aromatic heterocycles. The fourth-order valence-electron chi connectivity index (χ4n) is 0.888. The van der Waals surface area contributed by atoms with E-state index in [0.29, 0.717) is 5.41 Å². The van der Waals surface area contributed by atoms with E-state index < -0.39 is 0 Å². The van der Waals surface area contributed by atoms with Crippen LogP contribution in [-0.2, 0) is 4.79 Å².